The first-order valence-corrected chi connectivity index (χ1v) is 3.42. The highest BCUT2D eigenvalue weighted by Crippen LogP contribution is 2.18. The quantitative estimate of drug-likeness (QED) is 0.510. The van der Waals surface area contributed by atoms with Crippen molar-refractivity contribution in [2.75, 3.05) is 0 Å². The first kappa shape index (κ1) is 6.16. The normalized spacial score (nSPS) is 19.6. The molecule has 0 atom stereocenters. The largest absolute Gasteiger partial charge is 0.463 e. The fourth-order valence-electron chi connectivity index (χ4n) is 0.933. The molecule has 11 heavy (non-hydrogen) atoms. The third-order valence-corrected chi connectivity index (χ3v) is 1.44. The van der Waals surface area contributed by atoms with Gasteiger partial charge in [-0.3, -0.25) is 4.99 Å². The van der Waals surface area contributed by atoms with Gasteiger partial charge in [0.1, 0.15) is 5.70 Å². The zero-order valence-corrected chi connectivity index (χ0v) is 5.90. The van der Waals surface area contributed by atoms with Gasteiger partial charge in [0.2, 0.25) is 0 Å². The van der Waals surface area contributed by atoms with Crippen LogP contribution in [0.1, 0.15) is 0 Å². The number of allylic oxidation sites excluding steroid dienone is 5. The highest BCUT2D eigenvalue weighted by Gasteiger charge is 2.05. The maximum Gasteiger partial charge on any atom is 0.152 e. The molecule has 0 amide bonds. The Morgan fingerprint density at radius 1 is 1.09 bits per heavy atom. The Hall–Kier alpha value is -1.57. The van der Waals surface area contributed by atoms with E-state index in [9.17, 15) is 0 Å². The fourth-order valence-corrected chi connectivity index (χ4v) is 0.933. The lowest BCUT2D eigenvalue weighted by molar-refractivity contribution is 0.356. The topological polar surface area (TPSA) is 21.6 Å². The van der Waals surface area contributed by atoms with Crippen LogP contribution in [0.15, 0.2) is 53.1 Å². The summed E-state index contributed by atoms with van der Waals surface area (Å²) in [5.41, 5.74) is 0.873. The molecule has 0 unspecified atom stereocenters. The van der Waals surface area contributed by atoms with Crippen LogP contribution in [0.4, 0.5) is 0 Å². The zero-order valence-electron chi connectivity index (χ0n) is 5.90. The van der Waals surface area contributed by atoms with Crippen molar-refractivity contribution < 1.29 is 4.74 Å². The van der Waals surface area contributed by atoms with Gasteiger partial charge in [-0.1, -0.05) is 6.08 Å². The van der Waals surface area contributed by atoms with E-state index in [1.807, 2.05) is 30.4 Å². The minimum Gasteiger partial charge on any atom is -0.463 e. The summed E-state index contributed by atoms with van der Waals surface area (Å²) in [6, 6.07) is 0. The van der Waals surface area contributed by atoms with E-state index >= 15 is 0 Å². The second-order valence-electron chi connectivity index (χ2n) is 2.19. The zero-order chi connectivity index (χ0) is 7.52. The maximum absolute atomic E-state index is 5.21. The number of hydrogen-bond acceptors (Lipinski definition) is 2. The van der Waals surface area contributed by atoms with Gasteiger partial charge in [0.05, 0.1) is 6.26 Å². The summed E-state index contributed by atoms with van der Waals surface area (Å²) in [5.74, 6) is 0.803. The first-order valence-electron chi connectivity index (χ1n) is 3.42. The van der Waals surface area contributed by atoms with Gasteiger partial charge in [0.25, 0.3) is 0 Å². The number of rotatable bonds is 0. The smallest absolute Gasteiger partial charge is 0.152 e. The van der Waals surface area contributed by atoms with E-state index in [-0.39, 0.29) is 0 Å². The van der Waals surface area contributed by atoms with Gasteiger partial charge in [-0.25, -0.2) is 0 Å². The molecule has 0 fully saturated rings. The van der Waals surface area contributed by atoms with E-state index in [4.69, 9.17) is 4.74 Å². The van der Waals surface area contributed by atoms with Crippen LogP contribution in [0.25, 0.3) is 0 Å². The molecule has 0 spiro atoms. The molecule has 0 saturated carbocycles. The third-order valence-electron chi connectivity index (χ3n) is 1.44. The number of hydrogen-bond donors (Lipinski definition) is 0. The SMILES string of the molecule is C1=CC=C2OC=CC=C2N=C1. The van der Waals surface area contributed by atoms with Gasteiger partial charge in [-0.15, -0.1) is 0 Å². The van der Waals surface area contributed by atoms with Crippen LogP contribution in [0.5, 0.6) is 0 Å². The number of fused-ring (bicyclic) bond motifs is 1. The summed E-state index contributed by atoms with van der Waals surface area (Å²) in [4.78, 5) is 4.15. The Morgan fingerprint density at radius 3 is 3.09 bits per heavy atom. The summed E-state index contributed by atoms with van der Waals surface area (Å²) in [6.45, 7) is 0. The van der Waals surface area contributed by atoms with Crippen molar-refractivity contribution in [1.82, 2.24) is 0 Å². The minimum atomic E-state index is 0.803. The number of ether oxygens (including phenoxy) is 1. The fraction of sp³-hybridized carbons (Fsp3) is 0. The van der Waals surface area contributed by atoms with Crippen LogP contribution in [0.2, 0.25) is 0 Å². The van der Waals surface area contributed by atoms with Gasteiger partial charge >= 0.3 is 0 Å². The molecule has 0 radical (unpaired) electrons. The molecule has 0 saturated heterocycles. The summed E-state index contributed by atoms with van der Waals surface area (Å²) >= 11 is 0. The lowest BCUT2D eigenvalue weighted by atomic mass is 10.3. The summed E-state index contributed by atoms with van der Waals surface area (Å²) < 4.78 is 5.21. The predicted octanol–water partition coefficient (Wildman–Crippen LogP) is 1.94. The second kappa shape index (κ2) is 2.58. The van der Waals surface area contributed by atoms with E-state index in [0.717, 1.165) is 11.5 Å². The highest BCUT2D eigenvalue weighted by molar-refractivity contribution is 5.74. The van der Waals surface area contributed by atoms with E-state index < -0.39 is 0 Å². The number of aliphatic imine (C=N–C) groups is 1. The van der Waals surface area contributed by atoms with Gasteiger partial charge in [-0.2, -0.15) is 0 Å². The van der Waals surface area contributed by atoms with Crippen molar-refractivity contribution in [3.8, 4) is 0 Å². The average Bonchev–Trinajstić information content (AvgIpc) is 2.28. The molecule has 2 aliphatic heterocycles. The van der Waals surface area contributed by atoms with Crippen LogP contribution < -0.4 is 0 Å². The van der Waals surface area contributed by atoms with Crippen molar-refractivity contribution in [1.29, 1.82) is 0 Å². The highest BCUT2D eigenvalue weighted by atomic mass is 16.5. The Morgan fingerprint density at radius 2 is 2.09 bits per heavy atom. The molecule has 0 N–H and O–H groups in total. The summed E-state index contributed by atoms with van der Waals surface area (Å²) in [7, 11) is 0. The van der Waals surface area contributed by atoms with E-state index in [0.29, 0.717) is 0 Å². The monoisotopic (exact) mass is 145 g/mol. The third kappa shape index (κ3) is 1.15. The molecular formula is C9H7NO. The standard InChI is InChI=1S/C9H7NO/c1-2-6-10-8-4-3-7-11-9(8)5-1/h1-7H. The molecule has 0 aromatic carbocycles. The van der Waals surface area contributed by atoms with Crippen LogP contribution >= 0.6 is 0 Å². The van der Waals surface area contributed by atoms with Gasteiger partial charge in [0.15, 0.2) is 5.76 Å². The summed E-state index contributed by atoms with van der Waals surface area (Å²) in [5, 5.41) is 0. The Kier molecular flexibility index (Phi) is 1.44. The minimum absolute atomic E-state index is 0.803. The first-order chi connectivity index (χ1) is 5.47. The van der Waals surface area contributed by atoms with Gasteiger partial charge in [0, 0.05) is 6.21 Å². The molecule has 2 heteroatoms. The Bertz CT molecular complexity index is 306. The van der Waals surface area contributed by atoms with Crippen molar-refractivity contribution in [2.24, 2.45) is 4.99 Å². The van der Waals surface area contributed by atoms with Crippen LogP contribution in [-0.4, -0.2) is 6.21 Å². The second-order valence-corrected chi connectivity index (χ2v) is 2.19. The van der Waals surface area contributed by atoms with Crippen molar-refractivity contribution in [3.63, 3.8) is 0 Å². The summed E-state index contributed by atoms with van der Waals surface area (Å²) in [6.07, 6.45) is 12.8. The molecule has 0 aromatic rings. The van der Waals surface area contributed by atoms with Crippen molar-refractivity contribution in [2.45, 2.75) is 0 Å². The Labute approximate surface area is 64.9 Å². The predicted molar refractivity (Wildman–Crippen MR) is 44.0 cm³/mol. The Balaban J connectivity index is 2.44. The van der Waals surface area contributed by atoms with Crippen molar-refractivity contribution in [3.05, 3.63) is 48.1 Å². The van der Waals surface area contributed by atoms with Gasteiger partial charge < -0.3 is 4.74 Å². The molecule has 0 aliphatic carbocycles. The van der Waals surface area contributed by atoms with Crippen LogP contribution in [0, 0.1) is 0 Å². The van der Waals surface area contributed by atoms with E-state index in [1.54, 1.807) is 12.5 Å². The van der Waals surface area contributed by atoms with Gasteiger partial charge in [-0.05, 0) is 24.3 Å². The van der Waals surface area contributed by atoms with Crippen molar-refractivity contribution >= 4 is 6.21 Å². The van der Waals surface area contributed by atoms with Crippen LogP contribution in [-0.2, 0) is 4.74 Å². The molecule has 54 valence electrons. The van der Waals surface area contributed by atoms with E-state index in [2.05, 4.69) is 4.99 Å². The molecule has 0 aromatic heterocycles. The molecule has 2 rings (SSSR count). The molecule has 2 aliphatic rings. The molecule has 0 bridgehead atoms. The molecular weight excluding hydrogens is 138 g/mol. The molecule has 2 heterocycles. The number of nitrogens with zero attached hydrogens (tertiary/aromatic N) is 1. The van der Waals surface area contributed by atoms with E-state index in [1.165, 1.54) is 0 Å². The lowest BCUT2D eigenvalue weighted by Crippen LogP contribution is -1.91. The molecule has 2 nitrogen and oxygen atoms in total. The lowest BCUT2D eigenvalue weighted by Gasteiger charge is -2.07. The average molecular weight is 145 g/mol. The van der Waals surface area contributed by atoms with Crippen LogP contribution in [0.3, 0.4) is 0 Å². The maximum atomic E-state index is 5.21.